The van der Waals surface area contributed by atoms with E-state index >= 15 is 0 Å². The second kappa shape index (κ2) is 13.2. The summed E-state index contributed by atoms with van der Waals surface area (Å²) in [7, 11) is 3.08. The minimum absolute atomic E-state index is 0.00846. The van der Waals surface area contributed by atoms with Crippen LogP contribution in [-0.2, 0) is 11.3 Å². The summed E-state index contributed by atoms with van der Waals surface area (Å²) in [5.41, 5.74) is 1.84. The predicted octanol–water partition coefficient (Wildman–Crippen LogP) is 4.65. The SMILES string of the molecule is COc1cc(Cl)c(Oc2cc(NCc3nc4ccccc4[nH]3)nc(N3CCN(C(=O)CNc4nccs4)CC3)n2)cc1OC. The summed E-state index contributed by atoms with van der Waals surface area (Å²) in [6.07, 6.45) is 1.70. The van der Waals surface area contributed by atoms with Crippen molar-refractivity contribution in [1.82, 2.24) is 29.8 Å². The molecule has 0 aliphatic carbocycles. The van der Waals surface area contributed by atoms with E-state index < -0.39 is 0 Å². The lowest BCUT2D eigenvalue weighted by atomic mass is 10.3. The number of halogens is 1. The Morgan fingerprint density at radius 1 is 1.00 bits per heavy atom. The maximum atomic E-state index is 12.8. The molecule has 6 rings (SSSR count). The third kappa shape index (κ3) is 6.71. The van der Waals surface area contributed by atoms with Crippen LogP contribution >= 0.6 is 22.9 Å². The number of rotatable bonds is 11. The van der Waals surface area contributed by atoms with E-state index in [4.69, 9.17) is 35.8 Å². The highest BCUT2D eigenvalue weighted by Gasteiger charge is 2.24. The number of hydrogen-bond acceptors (Lipinski definition) is 12. The standard InChI is InChI=1S/C29H30ClN9O4S/c1-41-22-13-18(30)21(14-23(22)42-2)43-26-15-24(32-16-25-34-19-5-3-4-6-20(19)35-25)36-28(37-26)39-10-8-38(9-11-39)27(40)17-33-29-31-7-12-44-29/h3-7,12-15H,8-11,16-17H2,1-2H3,(H,31,33)(H,34,35)(H,32,36,37). The number of carbonyl (C=O) groups excluding carboxylic acids is 1. The van der Waals surface area contributed by atoms with E-state index in [2.05, 4.69) is 25.6 Å². The molecule has 1 fully saturated rings. The van der Waals surface area contributed by atoms with Gasteiger partial charge in [-0.15, -0.1) is 11.3 Å². The van der Waals surface area contributed by atoms with Gasteiger partial charge < -0.3 is 39.6 Å². The number of aromatic amines is 1. The van der Waals surface area contributed by atoms with Gasteiger partial charge in [0.05, 0.1) is 43.4 Å². The van der Waals surface area contributed by atoms with Crippen LogP contribution in [-0.4, -0.2) is 82.7 Å². The van der Waals surface area contributed by atoms with Gasteiger partial charge in [0.1, 0.15) is 11.6 Å². The molecule has 2 aromatic carbocycles. The molecule has 4 heterocycles. The van der Waals surface area contributed by atoms with Gasteiger partial charge in [-0.2, -0.15) is 9.97 Å². The maximum Gasteiger partial charge on any atom is 0.242 e. The Morgan fingerprint density at radius 2 is 1.80 bits per heavy atom. The fourth-order valence-electron chi connectivity index (χ4n) is 4.72. The summed E-state index contributed by atoms with van der Waals surface area (Å²) >= 11 is 7.97. The van der Waals surface area contributed by atoms with E-state index in [0.717, 1.165) is 22.0 Å². The molecule has 0 saturated carbocycles. The summed E-state index contributed by atoms with van der Waals surface area (Å²) in [4.78, 5) is 38.2. The zero-order valence-electron chi connectivity index (χ0n) is 24.0. The fourth-order valence-corrected chi connectivity index (χ4v) is 5.44. The number of amides is 1. The van der Waals surface area contributed by atoms with Crippen molar-refractivity contribution in [1.29, 1.82) is 0 Å². The van der Waals surface area contributed by atoms with Crippen molar-refractivity contribution in [3.8, 4) is 23.1 Å². The van der Waals surface area contributed by atoms with Crippen LogP contribution < -0.4 is 29.7 Å². The largest absolute Gasteiger partial charge is 0.493 e. The second-order valence-corrected chi connectivity index (χ2v) is 11.0. The fraction of sp³-hybridized carbons (Fsp3) is 0.276. The number of nitrogens with one attached hydrogen (secondary N) is 3. The summed E-state index contributed by atoms with van der Waals surface area (Å²) < 4.78 is 16.9. The average Bonchev–Trinajstić information content (AvgIpc) is 3.73. The second-order valence-electron chi connectivity index (χ2n) is 9.74. The molecule has 0 spiro atoms. The number of para-hydroxylation sites is 2. The summed E-state index contributed by atoms with van der Waals surface area (Å²) in [5.74, 6) is 3.34. The molecule has 0 unspecified atom stereocenters. The number of piperazine rings is 1. The first kappa shape index (κ1) is 29.3. The Labute approximate surface area is 262 Å². The summed E-state index contributed by atoms with van der Waals surface area (Å²) in [5, 5.41) is 9.33. The number of fused-ring (bicyclic) bond motifs is 1. The molecule has 15 heteroatoms. The van der Waals surface area contributed by atoms with Gasteiger partial charge in [-0.05, 0) is 12.1 Å². The van der Waals surface area contributed by atoms with Crippen LogP contribution in [0.1, 0.15) is 5.82 Å². The monoisotopic (exact) mass is 635 g/mol. The van der Waals surface area contributed by atoms with Gasteiger partial charge >= 0.3 is 0 Å². The zero-order chi connectivity index (χ0) is 30.5. The predicted molar refractivity (Wildman–Crippen MR) is 169 cm³/mol. The molecule has 13 nitrogen and oxygen atoms in total. The Balaban J connectivity index is 1.20. The van der Waals surface area contributed by atoms with Crippen molar-refractivity contribution in [3.63, 3.8) is 0 Å². The molecule has 44 heavy (non-hydrogen) atoms. The molecule has 3 aromatic heterocycles. The normalized spacial score (nSPS) is 13.2. The van der Waals surface area contributed by atoms with Crippen molar-refractivity contribution >= 4 is 56.8 Å². The van der Waals surface area contributed by atoms with Gasteiger partial charge in [0.2, 0.25) is 17.7 Å². The Hall–Kier alpha value is -4.82. The average molecular weight is 636 g/mol. The molecular weight excluding hydrogens is 606 g/mol. The van der Waals surface area contributed by atoms with Crippen LogP contribution in [0.15, 0.2) is 54.0 Å². The molecular formula is C29H30ClN9O4S. The third-order valence-corrected chi connectivity index (χ3v) is 7.98. The number of aromatic nitrogens is 5. The van der Waals surface area contributed by atoms with Crippen LogP contribution in [0.25, 0.3) is 11.0 Å². The molecule has 0 atom stereocenters. The van der Waals surface area contributed by atoms with E-state index in [-0.39, 0.29) is 18.3 Å². The van der Waals surface area contributed by atoms with Gasteiger partial charge in [0.15, 0.2) is 22.4 Å². The van der Waals surface area contributed by atoms with Crippen LogP contribution in [0.5, 0.6) is 23.1 Å². The van der Waals surface area contributed by atoms with E-state index in [9.17, 15) is 4.79 Å². The van der Waals surface area contributed by atoms with Crippen LogP contribution in [0, 0.1) is 0 Å². The van der Waals surface area contributed by atoms with Crippen LogP contribution in [0.3, 0.4) is 0 Å². The lowest BCUT2D eigenvalue weighted by Gasteiger charge is -2.35. The minimum Gasteiger partial charge on any atom is -0.493 e. The first-order valence-electron chi connectivity index (χ1n) is 13.8. The lowest BCUT2D eigenvalue weighted by Crippen LogP contribution is -2.50. The Kier molecular flexibility index (Phi) is 8.79. The van der Waals surface area contributed by atoms with Gasteiger partial charge in [-0.25, -0.2) is 9.97 Å². The number of H-pyrrole nitrogens is 1. The number of thiazole rings is 1. The van der Waals surface area contributed by atoms with Crippen molar-refractivity contribution in [2.75, 3.05) is 62.5 Å². The Bertz CT molecular complexity index is 1710. The van der Waals surface area contributed by atoms with Crippen molar-refractivity contribution in [3.05, 3.63) is 64.9 Å². The lowest BCUT2D eigenvalue weighted by molar-refractivity contribution is -0.129. The highest BCUT2D eigenvalue weighted by Crippen LogP contribution is 2.39. The van der Waals surface area contributed by atoms with Crippen LogP contribution in [0.4, 0.5) is 16.9 Å². The Morgan fingerprint density at radius 3 is 2.55 bits per heavy atom. The van der Waals surface area contributed by atoms with Gasteiger partial charge in [0.25, 0.3) is 0 Å². The number of carbonyl (C=O) groups is 1. The van der Waals surface area contributed by atoms with Gasteiger partial charge in [0, 0.05) is 56.0 Å². The molecule has 1 aliphatic rings. The van der Waals surface area contributed by atoms with Crippen molar-refractivity contribution in [2.24, 2.45) is 0 Å². The molecule has 1 aliphatic heterocycles. The quantitative estimate of drug-likeness (QED) is 0.187. The molecule has 0 bridgehead atoms. The van der Waals surface area contributed by atoms with E-state index in [0.29, 0.717) is 66.8 Å². The molecule has 1 saturated heterocycles. The highest BCUT2D eigenvalue weighted by atomic mass is 35.5. The van der Waals surface area contributed by atoms with E-state index in [1.165, 1.54) is 25.6 Å². The highest BCUT2D eigenvalue weighted by molar-refractivity contribution is 7.13. The molecule has 1 amide bonds. The number of anilines is 3. The first-order chi connectivity index (χ1) is 21.5. The van der Waals surface area contributed by atoms with Gasteiger partial charge in [-0.3, -0.25) is 4.79 Å². The number of methoxy groups -OCH3 is 2. The number of imidazole rings is 1. The number of nitrogens with zero attached hydrogens (tertiary/aromatic N) is 6. The maximum absolute atomic E-state index is 12.8. The minimum atomic E-state index is 0.00846. The van der Waals surface area contributed by atoms with Crippen molar-refractivity contribution < 1.29 is 19.0 Å². The molecule has 0 radical (unpaired) electrons. The zero-order valence-corrected chi connectivity index (χ0v) is 25.6. The van der Waals surface area contributed by atoms with Crippen LogP contribution in [0.2, 0.25) is 5.02 Å². The third-order valence-electron chi connectivity index (χ3n) is 6.96. The number of benzene rings is 2. The first-order valence-corrected chi connectivity index (χ1v) is 15.1. The van der Waals surface area contributed by atoms with E-state index in [1.54, 1.807) is 24.4 Å². The summed E-state index contributed by atoms with van der Waals surface area (Å²) in [6, 6.07) is 12.8. The molecule has 228 valence electrons. The molecule has 5 aromatic rings. The molecule has 3 N–H and O–H groups in total. The smallest absolute Gasteiger partial charge is 0.242 e. The number of hydrogen-bond donors (Lipinski definition) is 3. The topological polar surface area (TPSA) is 143 Å². The van der Waals surface area contributed by atoms with Gasteiger partial charge in [-0.1, -0.05) is 23.7 Å². The van der Waals surface area contributed by atoms with Crippen molar-refractivity contribution in [2.45, 2.75) is 6.54 Å². The number of ether oxygens (including phenoxy) is 3. The summed E-state index contributed by atoms with van der Waals surface area (Å²) in [6.45, 7) is 2.73. The van der Waals surface area contributed by atoms with E-state index in [1.807, 2.05) is 39.4 Å².